The predicted molar refractivity (Wildman–Crippen MR) is 118 cm³/mol. The van der Waals surface area contributed by atoms with Crippen LogP contribution in [0.15, 0.2) is 42.5 Å². The first-order chi connectivity index (χ1) is 14.9. The van der Waals surface area contributed by atoms with Crippen LogP contribution in [0.3, 0.4) is 0 Å². The molecule has 1 N–H and O–H groups in total. The summed E-state index contributed by atoms with van der Waals surface area (Å²) in [4.78, 5) is 12.5. The Morgan fingerprint density at radius 1 is 1.13 bits per heavy atom. The van der Waals surface area contributed by atoms with Gasteiger partial charge in [0.25, 0.3) is 0 Å². The first-order valence-electron chi connectivity index (χ1n) is 10.3. The summed E-state index contributed by atoms with van der Waals surface area (Å²) in [7, 11) is -3.65. The maximum absolute atomic E-state index is 12.6. The molecule has 0 atom stereocenters. The third-order valence-corrected chi connectivity index (χ3v) is 6.59. The number of anilines is 1. The molecule has 168 valence electrons. The highest BCUT2D eigenvalue weighted by Gasteiger charge is 2.25. The zero-order valence-electron chi connectivity index (χ0n) is 17.8. The van der Waals surface area contributed by atoms with E-state index in [1.807, 2.05) is 31.2 Å². The van der Waals surface area contributed by atoms with Crippen molar-refractivity contribution in [3.05, 3.63) is 48.0 Å². The SMILES string of the molecule is CCOc1ccccc1CCCNC(=O)CN(c1ccc2c(c1)OCO2)S(=O)(=O)CC. The van der Waals surface area contributed by atoms with E-state index >= 15 is 0 Å². The molecule has 1 aliphatic rings. The van der Waals surface area contributed by atoms with E-state index in [1.165, 1.54) is 0 Å². The van der Waals surface area contributed by atoms with Gasteiger partial charge in [-0.3, -0.25) is 9.10 Å². The molecule has 3 rings (SSSR count). The third kappa shape index (κ3) is 5.81. The van der Waals surface area contributed by atoms with E-state index in [1.54, 1.807) is 25.1 Å². The van der Waals surface area contributed by atoms with E-state index in [9.17, 15) is 13.2 Å². The number of para-hydroxylation sites is 1. The number of carbonyl (C=O) groups is 1. The molecule has 0 aliphatic carbocycles. The second-order valence-corrected chi connectivity index (χ2v) is 9.12. The third-order valence-electron chi connectivity index (χ3n) is 4.85. The number of hydrogen-bond acceptors (Lipinski definition) is 6. The van der Waals surface area contributed by atoms with Crippen molar-refractivity contribution in [1.82, 2.24) is 5.32 Å². The molecule has 2 aromatic carbocycles. The van der Waals surface area contributed by atoms with Crippen molar-refractivity contribution in [2.24, 2.45) is 0 Å². The fourth-order valence-corrected chi connectivity index (χ4v) is 4.31. The molecule has 0 radical (unpaired) electrons. The van der Waals surface area contributed by atoms with Crippen molar-refractivity contribution in [3.8, 4) is 17.2 Å². The standard InChI is InChI=1S/C22H28N2O6S/c1-3-28-19-10-6-5-8-17(19)9-7-13-23-22(25)15-24(31(26,27)4-2)18-11-12-20-21(14-18)30-16-29-20/h5-6,8,10-12,14H,3-4,7,9,13,15-16H2,1-2H3,(H,23,25). The molecule has 2 aromatic rings. The van der Waals surface area contributed by atoms with E-state index in [-0.39, 0.29) is 25.0 Å². The van der Waals surface area contributed by atoms with Gasteiger partial charge in [-0.25, -0.2) is 8.42 Å². The van der Waals surface area contributed by atoms with Crippen molar-refractivity contribution < 1.29 is 27.4 Å². The molecular formula is C22H28N2O6S. The first-order valence-corrected chi connectivity index (χ1v) is 11.9. The molecule has 0 aromatic heterocycles. The van der Waals surface area contributed by atoms with Crippen molar-refractivity contribution in [3.63, 3.8) is 0 Å². The molecule has 0 saturated carbocycles. The number of hydrogen-bond donors (Lipinski definition) is 1. The summed E-state index contributed by atoms with van der Waals surface area (Å²) < 4.78 is 42.6. The van der Waals surface area contributed by atoms with Crippen molar-refractivity contribution >= 4 is 21.6 Å². The topological polar surface area (TPSA) is 94.2 Å². The van der Waals surface area contributed by atoms with Gasteiger partial charge in [0.2, 0.25) is 22.7 Å². The monoisotopic (exact) mass is 448 g/mol. The van der Waals surface area contributed by atoms with Crippen molar-refractivity contribution in [1.29, 1.82) is 0 Å². The fourth-order valence-electron chi connectivity index (χ4n) is 3.25. The lowest BCUT2D eigenvalue weighted by molar-refractivity contribution is -0.119. The van der Waals surface area contributed by atoms with Crippen LogP contribution in [0.1, 0.15) is 25.8 Å². The van der Waals surface area contributed by atoms with Gasteiger partial charge < -0.3 is 19.5 Å². The van der Waals surface area contributed by atoms with Crippen molar-refractivity contribution in [2.75, 3.05) is 36.5 Å². The molecular weight excluding hydrogens is 420 g/mol. The Morgan fingerprint density at radius 3 is 2.68 bits per heavy atom. The Bertz CT molecular complexity index is 1010. The van der Waals surface area contributed by atoms with E-state index in [4.69, 9.17) is 14.2 Å². The molecule has 1 amide bonds. The number of sulfonamides is 1. The lowest BCUT2D eigenvalue weighted by atomic mass is 10.1. The van der Waals surface area contributed by atoms with Crippen LogP contribution < -0.4 is 23.8 Å². The highest BCUT2D eigenvalue weighted by molar-refractivity contribution is 7.92. The van der Waals surface area contributed by atoms with E-state index in [2.05, 4.69) is 5.32 Å². The number of benzene rings is 2. The minimum absolute atomic E-state index is 0.0895. The Balaban J connectivity index is 1.59. The Hall–Kier alpha value is -2.94. The van der Waals surface area contributed by atoms with Gasteiger partial charge in [-0.2, -0.15) is 0 Å². The molecule has 8 nitrogen and oxygen atoms in total. The second kappa shape index (κ2) is 10.4. The molecule has 0 bridgehead atoms. The quantitative estimate of drug-likeness (QED) is 0.531. The summed E-state index contributed by atoms with van der Waals surface area (Å²) in [6.45, 7) is 4.30. The number of nitrogens with zero attached hydrogens (tertiary/aromatic N) is 1. The van der Waals surface area contributed by atoms with Gasteiger partial charge in [-0.05, 0) is 50.5 Å². The molecule has 9 heteroatoms. The Kier molecular flexibility index (Phi) is 7.62. The molecule has 0 saturated heterocycles. The van der Waals surface area contributed by atoms with Gasteiger partial charge in [0.1, 0.15) is 12.3 Å². The second-order valence-electron chi connectivity index (χ2n) is 6.94. The molecule has 0 spiro atoms. The van der Waals surface area contributed by atoms with Crippen LogP contribution in [0.25, 0.3) is 0 Å². The number of nitrogens with one attached hydrogen (secondary N) is 1. The maximum atomic E-state index is 12.6. The van der Waals surface area contributed by atoms with Gasteiger partial charge in [0, 0.05) is 12.6 Å². The fraction of sp³-hybridized carbons (Fsp3) is 0.409. The first kappa shape index (κ1) is 22.7. The molecule has 1 aliphatic heterocycles. The van der Waals surface area contributed by atoms with Crippen LogP contribution >= 0.6 is 0 Å². The van der Waals surface area contributed by atoms with Crippen LogP contribution in [0.2, 0.25) is 0 Å². The average Bonchev–Trinajstić information content (AvgIpc) is 3.24. The highest BCUT2D eigenvalue weighted by atomic mass is 32.2. The van der Waals surface area contributed by atoms with E-state index < -0.39 is 10.0 Å². The van der Waals surface area contributed by atoms with Gasteiger partial charge >= 0.3 is 0 Å². The number of carbonyl (C=O) groups excluding carboxylic acids is 1. The predicted octanol–water partition coefficient (Wildman–Crippen LogP) is 2.72. The van der Waals surface area contributed by atoms with Crippen LogP contribution in [0, 0.1) is 0 Å². The van der Waals surface area contributed by atoms with Crippen LogP contribution in [-0.2, 0) is 21.2 Å². The largest absolute Gasteiger partial charge is 0.494 e. The molecule has 0 fully saturated rings. The normalized spacial score (nSPS) is 12.5. The number of rotatable bonds is 11. The Morgan fingerprint density at radius 2 is 1.90 bits per heavy atom. The van der Waals surface area contributed by atoms with E-state index in [0.717, 1.165) is 22.0 Å². The lowest BCUT2D eigenvalue weighted by Gasteiger charge is -2.23. The summed E-state index contributed by atoms with van der Waals surface area (Å²) in [5, 5.41) is 2.81. The summed E-state index contributed by atoms with van der Waals surface area (Å²) in [6.07, 6.45) is 1.45. The zero-order chi connectivity index (χ0) is 22.3. The average molecular weight is 449 g/mol. The summed E-state index contributed by atoms with van der Waals surface area (Å²) in [6, 6.07) is 12.6. The highest BCUT2D eigenvalue weighted by Crippen LogP contribution is 2.36. The van der Waals surface area contributed by atoms with E-state index in [0.29, 0.717) is 36.8 Å². The number of fused-ring (bicyclic) bond motifs is 1. The van der Waals surface area contributed by atoms with Crippen LogP contribution in [0.5, 0.6) is 17.2 Å². The van der Waals surface area contributed by atoms with Gasteiger partial charge in [-0.1, -0.05) is 18.2 Å². The minimum atomic E-state index is -3.65. The maximum Gasteiger partial charge on any atom is 0.240 e. The minimum Gasteiger partial charge on any atom is -0.494 e. The van der Waals surface area contributed by atoms with Gasteiger partial charge in [-0.15, -0.1) is 0 Å². The van der Waals surface area contributed by atoms with Crippen LogP contribution in [0.4, 0.5) is 5.69 Å². The zero-order valence-corrected chi connectivity index (χ0v) is 18.6. The van der Waals surface area contributed by atoms with Gasteiger partial charge in [0.15, 0.2) is 11.5 Å². The molecule has 31 heavy (non-hydrogen) atoms. The number of ether oxygens (including phenoxy) is 3. The molecule has 1 heterocycles. The van der Waals surface area contributed by atoms with Gasteiger partial charge in [0.05, 0.1) is 18.0 Å². The van der Waals surface area contributed by atoms with Crippen molar-refractivity contribution in [2.45, 2.75) is 26.7 Å². The Labute approximate surface area is 183 Å². The number of amides is 1. The number of aryl methyl sites for hydroxylation is 1. The summed E-state index contributed by atoms with van der Waals surface area (Å²) in [5.41, 5.74) is 1.45. The lowest BCUT2D eigenvalue weighted by Crippen LogP contribution is -2.41. The summed E-state index contributed by atoms with van der Waals surface area (Å²) in [5.74, 6) is 1.37. The summed E-state index contributed by atoms with van der Waals surface area (Å²) >= 11 is 0. The van der Waals surface area contributed by atoms with Crippen LogP contribution in [-0.4, -0.2) is 46.6 Å². The molecule has 0 unspecified atom stereocenters. The smallest absolute Gasteiger partial charge is 0.240 e.